The van der Waals surface area contributed by atoms with Crippen molar-refractivity contribution in [3.8, 4) is 0 Å². The molecule has 2 heterocycles. The first-order chi connectivity index (χ1) is 13.8. The van der Waals surface area contributed by atoms with Gasteiger partial charge in [0.25, 0.3) is 5.91 Å². The topological polar surface area (TPSA) is 70.7 Å². The van der Waals surface area contributed by atoms with Gasteiger partial charge in [-0.15, -0.1) is 0 Å². The minimum absolute atomic E-state index is 0.0900. The lowest BCUT2D eigenvalue weighted by Crippen LogP contribution is -2.31. The number of benzene rings is 1. The lowest BCUT2D eigenvalue weighted by Gasteiger charge is -2.20. The number of nitrogens with one attached hydrogen (secondary N) is 2. The molecule has 0 aliphatic heterocycles. The molecular weight excluding hydrogens is 388 g/mol. The zero-order valence-corrected chi connectivity index (χ0v) is 15.1. The normalized spacial score (nSPS) is 14.5. The molecule has 1 aromatic carbocycles. The Morgan fingerprint density at radius 3 is 2.59 bits per heavy atom. The van der Waals surface area contributed by atoms with Crippen LogP contribution in [0, 0.1) is 5.82 Å². The lowest BCUT2D eigenvalue weighted by atomic mass is 10.0. The fraction of sp³-hybridized carbons (Fsp3) is 0.250. The Hall–Kier alpha value is -3.23. The van der Waals surface area contributed by atoms with E-state index in [1.54, 1.807) is 0 Å². The summed E-state index contributed by atoms with van der Waals surface area (Å²) in [5.41, 5.74) is 1.27. The summed E-state index contributed by atoms with van der Waals surface area (Å²) in [4.78, 5) is 16.8. The maximum absolute atomic E-state index is 14.4. The summed E-state index contributed by atoms with van der Waals surface area (Å²) >= 11 is 0. The number of aryl methyl sites for hydroxylation is 1. The van der Waals surface area contributed by atoms with Crippen LogP contribution in [0.4, 0.5) is 17.6 Å². The van der Waals surface area contributed by atoms with Gasteiger partial charge in [0.1, 0.15) is 11.5 Å². The quantitative estimate of drug-likeness (QED) is 0.647. The molecule has 2 N–H and O–H groups in total. The van der Waals surface area contributed by atoms with E-state index in [-0.39, 0.29) is 17.0 Å². The fourth-order valence-electron chi connectivity index (χ4n) is 3.49. The molecule has 1 unspecified atom stereocenters. The number of amides is 1. The van der Waals surface area contributed by atoms with Crippen LogP contribution in [0.25, 0.3) is 0 Å². The van der Waals surface area contributed by atoms with E-state index in [1.807, 2.05) is 0 Å². The van der Waals surface area contributed by atoms with Crippen LogP contribution < -0.4 is 5.32 Å². The fourth-order valence-corrected chi connectivity index (χ4v) is 3.49. The van der Waals surface area contributed by atoms with E-state index >= 15 is 0 Å². The predicted molar refractivity (Wildman–Crippen MR) is 95.6 cm³/mol. The van der Waals surface area contributed by atoms with Gasteiger partial charge in [-0.25, -0.2) is 4.39 Å². The van der Waals surface area contributed by atoms with E-state index in [4.69, 9.17) is 0 Å². The number of carbonyl (C=O) groups is 1. The third-order valence-corrected chi connectivity index (χ3v) is 4.93. The minimum Gasteiger partial charge on any atom is -0.338 e. The second-order valence-electron chi connectivity index (χ2n) is 6.78. The number of nitrogens with zero attached hydrogens (tertiary/aromatic N) is 2. The average molecular weight is 404 g/mol. The van der Waals surface area contributed by atoms with Crippen LogP contribution in [0.3, 0.4) is 0 Å². The van der Waals surface area contributed by atoms with Gasteiger partial charge in [0.2, 0.25) is 0 Å². The van der Waals surface area contributed by atoms with Crippen LogP contribution in [-0.4, -0.2) is 21.1 Å². The molecule has 1 aliphatic carbocycles. The number of hydrogen-bond donors (Lipinski definition) is 2. The zero-order chi connectivity index (χ0) is 20.6. The Labute approximate surface area is 163 Å². The van der Waals surface area contributed by atoms with Crippen molar-refractivity contribution >= 4 is 5.91 Å². The van der Waals surface area contributed by atoms with Crippen molar-refractivity contribution < 1.29 is 22.4 Å². The van der Waals surface area contributed by atoms with Gasteiger partial charge in [-0.1, -0.05) is 12.1 Å². The molecule has 3 aromatic rings. The first-order valence-electron chi connectivity index (χ1n) is 8.99. The Bertz CT molecular complexity index is 1040. The lowest BCUT2D eigenvalue weighted by molar-refractivity contribution is -0.137. The van der Waals surface area contributed by atoms with Crippen molar-refractivity contribution in [3.05, 3.63) is 82.2 Å². The third kappa shape index (κ3) is 3.72. The van der Waals surface area contributed by atoms with Crippen molar-refractivity contribution in [2.75, 3.05) is 0 Å². The Morgan fingerprint density at radius 1 is 1.14 bits per heavy atom. The average Bonchev–Trinajstić information content (AvgIpc) is 3.30. The number of alkyl halides is 3. The molecule has 0 bridgehead atoms. The highest BCUT2D eigenvalue weighted by atomic mass is 19.4. The number of H-pyrrole nitrogens is 1. The molecule has 5 nitrogen and oxygen atoms in total. The summed E-state index contributed by atoms with van der Waals surface area (Å²) in [5, 5.41) is 9.55. The summed E-state index contributed by atoms with van der Waals surface area (Å²) < 4.78 is 53.0. The van der Waals surface area contributed by atoms with Gasteiger partial charge in [-0.3, -0.25) is 14.9 Å². The van der Waals surface area contributed by atoms with Crippen molar-refractivity contribution in [1.29, 1.82) is 0 Å². The van der Waals surface area contributed by atoms with Crippen molar-refractivity contribution in [2.45, 2.75) is 31.5 Å². The summed E-state index contributed by atoms with van der Waals surface area (Å²) in [6.07, 6.45) is -0.734. The molecule has 1 atom stereocenters. The standard InChI is InChI=1S/C20H16F4N4O/c21-14-4-2-10-25-18(14)16(11-6-8-12(9-7-11)20(22,23)24)26-19(29)17-13-3-1-5-15(13)27-28-17/h2,4,6-10,16H,1,3,5H2,(H,26,29)(H,27,28). The number of halogens is 4. The minimum atomic E-state index is -4.50. The van der Waals surface area contributed by atoms with Crippen molar-refractivity contribution in [2.24, 2.45) is 0 Å². The molecule has 9 heteroatoms. The molecule has 2 aromatic heterocycles. The summed E-state index contributed by atoms with van der Waals surface area (Å²) in [5.74, 6) is -1.22. The second-order valence-corrected chi connectivity index (χ2v) is 6.78. The SMILES string of the molecule is O=C(NC(c1ccc(C(F)(F)F)cc1)c1ncccc1F)c1n[nH]c2c1CCC2. The maximum Gasteiger partial charge on any atom is 0.416 e. The summed E-state index contributed by atoms with van der Waals surface area (Å²) in [6.45, 7) is 0. The van der Waals surface area contributed by atoms with Crippen LogP contribution in [0.2, 0.25) is 0 Å². The Morgan fingerprint density at radius 2 is 1.90 bits per heavy atom. The number of carbonyl (C=O) groups excluding carboxylic acids is 1. The van der Waals surface area contributed by atoms with E-state index < -0.39 is 29.5 Å². The van der Waals surface area contributed by atoms with E-state index in [0.717, 1.165) is 36.2 Å². The van der Waals surface area contributed by atoms with Gasteiger partial charge < -0.3 is 5.32 Å². The highest BCUT2D eigenvalue weighted by Gasteiger charge is 2.31. The molecule has 1 amide bonds. The smallest absolute Gasteiger partial charge is 0.338 e. The molecule has 4 rings (SSSR count). The largest absolute Gasteiger partial charge is 0.416 e. The number of aromatic amines is 1. The molecule has 1 aliphatic rings. The van der Waals surface area contributed by atoms with Gasteiger partial charge >= 0.3 is 6.18 Å². The molecule has 150 valence electrons. The van der Waals surface area contributed by atoms with Gasteiger partial charge in [-0.2, -0.15) is 18.3 Å². The maximum atomic E-state index is 14.4. The Balaban J connectivity index is 1.69. The van der Waals surface area contributed by atoms with Gasteiger partial charge in [-0.05, 0) is 49.1 Å². The van der Waals surface area contributed by atoms with Gasteiger partial charge in [0, 0.05) is 17.5 Å². The number of hydrogen-bond acceptors (Lipinski definition) is 3. The van der Waals surface area contributed by atoms with Crippen LogP contribution in [0.1, 0.15) is 51.0 Å². The molecule has 29 heavy (non-hydrogen) atoms. The Kier molecular flexibility index (Phi) is 4.81. The number of pyridine rings is 1. The highest BCUT2D eigenvalue weighted by molar-refractivity contribution is 5.94. The van der Waals surface area contributed by atoms with Crippen molar-refractivity contribution in [1.82, 2.24) is 20.5 Å². The summed E-state index contributed by atoms with van der Waals surface area (Å²) in [6, 6.07) is 5.69. The second kappa shape index (κ2) is 7.31. The van der Waals surface area contributed by atoms with Crippen LogP contribution in [0.15, 0.2) is 42.6 Å². The van der Waals surface area contributed by atoms with E-state index in [9.17, 15) is 22.4 Å². The van der Waals surface area contributed by atoms with E-state index in [2.05, 4.69) is 20.5 Å². The van der Waals surface area contributed by atoms with Crippen LogP contribution in [0.5, 0.6) is 0 Å². The van der Waals surface area contributed by atoms with Crippen LogP contribution in [-0.2, 0) is 19.0 Å². The van der Waals surface area contributed by atoms with Crippen molar-refractivity contribution in [3.63, 3.8) is 0 Å². The molecular formula is C20H16F4N4O. The van der Waals surface area contributed by atoms with E-state index in [0.29, 0.717) is 6.42 Å². The predicted octanol–water partition coefficient (Wildman–Crippen LogP) is 3.97. The van der Waals surface area contributed by atoms with Gasteiger partial charge in [0.15, 0.2) is 5.69 Å². The highest BCUT2D eigenvalue weighted by Crippen LogP contribution is 2.31. The molecule has 0 fully saturated rings. The molecule has 0 saturated carbocycles. The first kappa shape index (κ1) is 19.1. The van der Waals surface area contributed by atoms with Gasteiger partial charge in [0.05, 0.1) is 11.6 Å². The molecule has 0 radical (unpaired) electrons. The van der Waals surface area contributed by atoms with Crippen LogP contribution >= 0.6 is 0 Å². The summed E-state index contributed by atoms with van der Waals surface area (Å²) in [7, 11) is 0. The number of fused-ring (bicyclic) bond motifs is 1. The monoisotopic (exact) mass is 404 g/mol. The number of rotatable bonds is 4. The molecule has 0 spiro atoms. The third-order valence-electron chi connectivity index (χ3n) is 4.93. The number of aromatic nitrogens is 3. The first-order valence-corrected chi connectivity index (χ1v) is 8.99. The molecule has 0 saturated heterocycles. The van der Waals surface area contributed by atoms with E-state index in [1.165, 1.54) is 30.5 Å². The zero-order valence-electron chi connectivity index (χ0n) is 15.1.